The van der Waals surface area contributed by atoms with Gasteiger partial charge in [-0.3, -0.25) is 4.98 Å². The molecule has 0 saturated carbocycles. The molecular weight excluding hydrogens is 254 g/mol. The quantitative estimate of drug-likeness (QED) is 0.822. The SMILES string of the molecule is Cc1ccccc1SCC(N)Cc1cnccc1N. The third-order valence-electron chi connectivity index (χ3n) is 2.97. The smallest absolute Gasteiger partial charge is 0.0378 e. The van der Waals surface area contributed by atoms with E-state index in [4.69, 9.17) is 11.5 Å². The average molecular weight is 273 g/mol. The minimum Gasteiger partial charge on any atom is -0.398 e. The summed E-state index contributed by atoms with van der Waals surface area (Å²) in [6.45, 7) is 2.12. The molecule has 0 amide bonds. The highest BCUT2D eigenvalue weighted by atomic mass is 32.2. The van der Waals surface area contributed by atoms with Crippen molar-refractivity contribution in [3.63, 3.8) is 0 Å². The van der Waals surface area contributed by atoms with E-state index in [0.29, 0.717) is 0 Å². The van der Waals surface area contributed by atoms with Crippen molar-refractivity contribution in [1.29, 1.82) is 0 Å². The number of hydrogen-bond acceptors (Lipinski definition) is 4. The lowest BCUT2D eigenvalue weighted by molar-refractivity contribution is 0.747. The molecule has 1 aromatic heterocycles. The summed E-state index contributed by atoms with van der Waals surface area (Å²) in [6, 6.07) is 10.3. The molecule has 1 unspecified atom stereocenters. The zero-order valence-corrected chi connectivity index (χ0v) is 11.9. The Bertz CT molecular complexity index is 542. The molecule has 2 aromatic rings. The van der Waals surface area contributed by atoms with Gasteiger partial charge in [0.25, 0.3) is 0 Å². The van der Waals surface area contributed by atoms with E-state index in [1.807, 2.05) is 6.07 Å². The topological polar surface area (TPSA) is 64.9 Å². The molecule has 3 nitrogen and oxygen atoms in total. The van der Waals surface area contributed by atoms with Gasteiger partial charge in [-0.05, 0) is 36.6 Å². The van der Waals surface area contributed by atoms with Crippen molar-refractivity contribution in [3.05, 3.63) is 53.9 Å². The van der Waals surface area contributed by atoms with E-state index in [-0.39, 0.29) is 6.04 Å². The zero-order chi connectivity index (χ0) is 13.7. The average Bonchev–Trinajstić information content (AvgIpc) is 2.40. The standard InChI is InChI=1S/C15H19N3S/c1-11-4-2-3-5-15(11)19-10-13(16)8-12-9-18-7-6-14(12)17/h2-7,9,13H,8,10,16H2,1H3,(H2,17,18). The van der Waals surface area contributed by atoms with Gasteiger partial charge < -0.3 is 11.5 Å². The van der Waals surface area contributed by atoms with Crippen molar-refractivity contribution in [2.24, 2.45) is 5.73 Å². The summed E-state index contributed by atoms with van der Waals surface area (Å²) in [5.74, 6) is 0.874. The van der Waals surface area contributed by atoms with Crippen LogP contribution in [0.3, 0.4) is 0 Å². The van der Waals surface area contributed by atoms with Crippen LogP contribution in [0, 0.1) is 6.92 Å². The van der Waals surface area contributed by atoms with Crippen molar-refractivity contribution < 1.29 is 0 Å². The second-order valence-corrected chi connectivity index (χ2v) is 5.68. The Hall–Kier alpha value is -1.52. The molecule has 0 aliphatic rings. The van der Waals surface area contributed by atoms with Gasteiger partial charge in [-0.15, -0.1) is 11.8 Å². The molecule has 0 spiro atoms. The lowest BCUT2D eigenvalue weighted by Crippen LogP contribution is -2.26. The molecule has 1 atom stereocenters. The van der Waals surface area contributed by atoms with Gasteiger partial charge in [-0.25, -0.2) is 0 Å². The number of rotatable bonds is 5. The molecule has 2 rings (SSSR count). The maximum atomic E-state index is 6.17. The molecule has 0 saturated heterocycles. The fraction of sp³-hybridized carbons (Fsp3) is 0.267. The van der Waals surface area contributed by atoms with Crippen LogP contribution in [0.25, 0.3) is 0 Å². The number of hydrogen-bond donors (Lipinski definition) is 2. The van der Waals surface area contributed by atoms with Gasteiger partial charge in [0.1, 0.15) is 0 Å². The van der Waals surface area contributed by atoms with Crippen LogP contribution >= 0.6 is 11.8 Å². The zero-order valence-electron chi connectivity index (χ0n) is 11.0. The maximum absolute atomic E-state index is 6.17. The van der Waals surface area contributed by atoms with E-state index in [9.17, 15) is 0 Å². The number of thioether (sulfide) groups is 1. The normalized spacial score (nSPS) is 12.3. The van der Waals surface area contributed by atoms with E-state index >= 15 is 0 Å². The number of aromatic nitrogens is 1. The Balaban J connectivity index is 1.90. The molecule has 0 fully saturated rings. The van der Waals surface area contributed by atoms with Gasteiger partial charge in [0, 0.05) is 34.8 Å². The lowest BCUT2D eigenvalue weighted by atomic mass is 10.1. The Kier molecular flexibility index (Phi) is 4.82. The van der Waals surface area contributed by atoms with Crippen LogP contribution in [0.2, 0.25) is 0 Å². The number of aryl methyl sites for hydroxylation is 1. The molecule has 4 N–H and O–H groups in total. The van der Waals surface area contributed by atoms with Crippen LogP contribution in [-0.2, 0) is 6.42 Å². The summed E-state index contributed by atoms with van der Waals surface area (Å²) < 4.78 is 0. The van der Waals surface area contributed by atoms with Crippen LogP contribution in [0.5, 0.6) is 0 Å². The Morgan fingerprint density at radius 3 is 2.79 bits per heavy atom. The number of benzene rings is 1. The minimum atomic E-state index is 0.0797. The monoisotopic (exact) mass is 273 g/mol. The highest BCUT2D eigenvalue weighted by molar-refractivity contribution is 7.99. The third-order valence-corrected chi connectivity index (χ3v) is 4.33. The third kappa shape index (κ3) is 3.98. The van der Waals surface area contributed by atoms with Crippen LogP contribution in [-0.4, -0.2) is 16.8 Å². The maximum Gasteiger partial charge on any atom is 0.0378 e. The highest BCUT2D eigenvalue weighted by Gasteiger charge is 2.08. The number of pyridine rings is 1. The first-order valence-corrected chi connectivity index (χ1v) is 7.27. The van der Waals surface area contributed by atoms with E-state index in [0.717, 1.165) is 23.4 Å². The second-order valence-electron chi connectivity index (χ2n) is 4.62. The van der Waals surface area contributed by atoms with Gasteiger partial charge in [-0.1, -0.05) is 18.2 Å². The second kappa shape index (κ2) is 6.59. The molecule has 4 heteroatoms. The Morgan fingerprint density at radius 1 is 1.26 bits per heavy atom. The summed E-state index contributed by atoms with van der Waals surface area (Å²) in [6.07, 6.45) is 4.26. The van der Waals surface area contributed by atoms with E-state index < -0.39 is 0 Å². The Morgan fingerprint density at radius 2 is 2.05 bits per heavy atom. The summed E-state index contributed by atoms with van der Waals surface area (Å²) in [7, 11) is 0. The fourth-order valence-electron chi connectivity index (χ4n) is 1.87. The first-order valence-electron chi connectivity index (χ1n) is 6.29. The van der Waals surface area contributed by atoms with Crippen LogP contribution in [0.15, 0.2) is 47.6 Å². The lowest BCUT2D eigenvalue weighted by Gasteiger charge is -2.13. The largest absolute Gasteiger partial charge is 0.398 e. The van der Waals surface area contributed by atoms with Crippen molar-refractivity contribution in [2.75, 3.05) is 11.5 Å². The highest BCUT2D eigenvalue weighted by Crippen LogP contribution is 2.23. The minimum absolute atomic E-state index is 0.0797. The number of nitrogens with two attached hydrogens (primary N) is 2. The van der Waals surface area contributed by atoms with Gasteiger partial charge in [0.2, 0.25) is 0 Å². The molecular formula is C15H19N3S. The van der Waals surface area contributed by atoms with E-state index in [1.54, 1.807) is 24.2 Å². The molecule has 1 heterocycles. The molecule has 0 aliphatic heterocycles. The van der Waals surface area contributed by atoms with E-state index in [2.05, 4.69) is 36.2 Å². The van der Waals surface area contributed by atoms with Crippen LogP contribution < -0.4 is 11.5 Å². The molecule has 19 heavy (non-hydrogen) atoms. The Labute approximate surface area is 118 Å². The molecule has 1 aromatic carbocycles. The predicted octanol–water partition coefficient (Wildman–Crippen LogP) is 2.63. The van der Waals surface area contributed by atoms with Crippen molar-refractivity contribution in [1.82, 2.24) is 4.98 Å². The summed E-state index contributed by atoms with van der Waals surface area (Å²) >= 11 is 1.79. The summed E-state index contributed by atoms with van der Waals surface area (Å²) in [5, 5.41) is 0. The molecule has 0 bridgehead atoms. The number of nitrogen functional groups attached to an aromatic ring is 1. The molecule has 0 radical (unpaired) electrons. The summed E-state index contributed by atoms with van der Waals surface area (Å²) in [5.41, 5.74) is 15.2. The van der Waals surface area contributed by atoms with Crippen LogP contribution in [0.1, 0.15) is 11.1 Å². The van der Waals surface area contributed by atoms with Crippen LogP contribution in [0.4, 0.5) is 5.69 Å². The van der Waals surface area contributed by atoms with Crippen molar-refractivity contribution in [3.8, 4) is 0 Å². The van der Waals surface area contributed by atoms with Gasteiger partial charge >= 0.3 is 0 Å². The number of nitrogens with zero attached hydrogens (tertiary/aromatic N) is 1. The number of anilines is 1. The summed E-state index contributed by atoms with van der Waals surface area (Å²) in [4.78, 5) is 5.38. The van der Waals surface area contributed by atoms with Gasteiger partial charge in [-0.2, -0.15) is 0 Å². The first-order chi connectivity index (χ1) is 9.16. The van der Waals surface area contributed by atoms with Gasteiger partial charge in [0.05, 0.1) is 0 Å². The fourth-order valence-corrected chi connectivity index (χ4v) is 2.85. The predicted molar refractivity (Wildman–Crippen MR) is 82.2 cm³/mol. The first kappa shape index (κ1) is 13.9. The van der Waals surface area contributed by atoms with Gasteiger partial charge in [0.15, 0.2) is 0 Å². The molecule has 0 aliphatic carbocycles. The van der Waals surface area contributed by atoms with Crippen molar-refractivity contribution in [2.45, 2.75) is 24.3 Å². The van der Waals surface area contributed by atoms with E-state index in [1.165, 1.54) is 10.5 Å². The van der Waals surface area contributed by atoms with Crippen molar-refractivity contribution >= 4 is 17.4 Å². The molecule has 100 valence electrons.